The van der Waals surface area contributed by atoms with Crippen molar-refractivity contribution in [3.8, 4) is 0 Å². The van der Waals surface area contributed by atoms with Gasteiger partial charge in [-0.1, -0.05) is 24.3 Å². The summed E-state index contributed by atoms with van der Waals surface area (Å²) in [6, 6.07) is 8.90. The van der Waals surface area contributed by atoms with Crippen molar-refractivity contribution in [3.63, 3.8) is 0 Å². The molecule has 0 radical (unpaired) electrons. The van der Waals surface area contributed by atoms with Gasteiger partial charge in [-0.05, 0) is 56.9 Å². The van der Waals surface area contributed by atoms with Crippen molar-refractivity contribution in [1.82, 2.24) is 19.6 Å². The average Bonchev–Trinajstić information content (AvgIpc) is 3.19. The van der Waals surface area contributed by atoms with Gasteiger partial charge in [0.1, 0.15) is 0 Å². The maximum Gasteiger partial charge on any atom is 0.0950 e. The highest BCUT2D eigenvalue weighted by atomic mass is 16.3. The first-order chi connectivity index (χ1) is 12.5. The first kappa shape index (κ1) is 17.7. The topological polar surface area (TPSA) is 44.5 Å². The summed E-state index contributed by atoms with van der Waals surface area (Å²) >= 11 is 0. The van der Waals surface area contributed by atoms with Gasteiger partial charge in [0, 0.05) is 37.4 Å². The first-order valence-electron chi connectivity index (χ1n) is 9.69. The molecule has 1 aromatic carbocycles. The third kappa shape index (κ3) is 3.20. The Morgan fingerprint density at radius 1 is 1.27 bits per heavy atom. The van der Waals surface area contributed by atoms with E-state index in [4.69, 9.17) is 0 Å². The molecule has 4 rings (SSSR count). The molecule has 1 fully saturated rings. The van der Waals surface area contributed by atoms with Crippen LogP contribution in [0, 0.1) is 5.92 Å². The molecule has 2 aliphatic rings. The maximum atomic E-state index is 10.8. The zero-order chi connectivity index (χ0) is 18.3. The lowest BCUT2D eigenvalue weighted by Crippen LogP contribution is -2.44. The number of likely N-dealkylation sites (tertiary alicyclic amines) is 1. The molecule has 5 heteroatoms. The summed E-state index contributed by atoms with van der Waals surface area (Å²) in [4.78, 5) is 4.86. The summed E-state index contributed by atoms with van der Waals surface area (Å²) in [6.07, 6.45) is 7.19. The number of hydrogen-bond acceptors (Lipinski definition) is 4. The average molecular weight is 354 g/mol. The number of aliphatic hydroxyl groups excluding tert-OH is 1. The molecule has 1 saturated heterocycles. The minimum absolute atomic E-state index is 0.175. The van der Waals surface area contributed by atoms with E-state index in [2.05, 4.69) is 53.4 Å². The van der Waals surface area contributed by atoms with Crippen LogP contribution in [0.5, 0.6) is 0 Å². The van der Waals surface area contributed by atoms with Crippen LogP contribution < -0.4 is 0 Å². The normalized spacial score (nSPS) is 29.3. The van der Waals surface area contributed by atoms with Gasteiger partial charge in [-0.3, -0.25) is 14.5 Å². The number of aliphatic hydroxyl groups is 1. The molecule has 140 valence electrons. The second kappa shape index (κ2) is 7.14. The van der Waals surface area contributed by atoms with Gasteiger partial charge in [0.25, 0.3) is 0 Å². The second-order valence-electron chi connectivity index (χ2n) is 8.13. The van der Waals surface area contributed by atoms with Crippen LogP contribution in [0.4, 0.5) is 0 Å². The van der Waals surface area contributed by atoms with Crippen molar-refractivity contribution in [1.29, 1.82) is 0 Å². The molecule has 0 amide bonds. The summed E-state index contributed by atoms with van der Waals surface area (Å²) in [7, 11) is 6.39. The van der Waals surface area contributed by atoms with Crippen molar-refractivity contribution >= 4 is 0 Å². The van der Waals surface area contributed by atoms with E-state index in [1.807, 2.05) is 24.0 Å². The Labute approximate surface area is 156 Å². The minimum atomic E-state index is -0.380. The number of aromatic nitrogens is 2. The molecular weight excluding hydrogens is 324 g/mol. The lowest BCUT2D eigenvalue weighted by molar-refractivity contribution is 0.0390. The number of benzene rings is 1. The smallest absolute Gasteiger partial charge is 0.0950 e. The summed E-state index contributed by atoms with van der Waals surface area (Å²) in [5.41, 5.74) is 3.71. The molecule has 0 unspecified atom stereocenters. The van der Waals surface area contributed by atoms with Crippen LogP contribution in [-0.2, 0) is 13.5 Å². The molecule has 5 nitrogen and oxygen atoms in total. The van der Waals surface area contributed by atoms with Crippen LogP contribution >= 0.6 is 0 Å². The van der Waals surface area contributed by atoms with E-state index in [1.54, 1.807) is 0 Å². The number of likely N-dealkylation sites (N-methyl/N-ethyl adjacent to an activating group) is 1. The van der Waals surface area contributed by atoms with Gasteiger partial charge in [-0.25, -0.2) is 0 Å². The number of fused-ring (bicyclic) bond motifs is 1. The Hall–Kier alpha value is -1.69. The summed E-state index contributed by atoms with van der Waals surface area (Å²) < 4.78 is 1.90. The van der Waals surface area contributed by atoms with Gasteiger partial charge in [-0.15, -0.1) is 0 Å². The minimum Gasteiger partial charge on any atom is -0.387 e. The van der Waals surface area contributed by atoms with E-state index in [1.165, 1.54) is 24.0 Å². The van der Waals surface area contributed by atoms with Crippen LogP contribution in [0.1, 0.15) is 41.7 Å². The van der Waals surface area contributed by atoms with E-state index in [-0.39, 0.29) is 12.1 Å². The molecule has 1 aliphatic carbocycles. The number of aryl methyl sites for hydroxylation is 1. The van der Waals surface area contributed by atoms with Crippen molar-refractivity contribution < 1.29 is 5.11 Å². The monoisotopic (exact) mass is 354 g/mol. The van der Waals surface area contributed by atoms with Gasteiger partial charge in [0.05, 0.1) is 12.3 Å². The van der Waals surface area contributed by atoms with Gasteiger partial charge in [0.2, 0.25) is 0 Å². The maximum absolute atomic E-state index is 10.8. The zero-order valence-corrected chi connectivity index (χ0v) is 16.0. The third-order valence-corrected chi connectivity index (χ3v) is 6.33. The Morgan fingerprint density at radius 2 is 2.08 bits per heavy atom. The largest absolute Gasteiger partial charge is 0.387 e. The molecule has 0 saturated carbocycles. The summed E-state index contributed by atoms with van der Waals surface area (Å²) in [5, 5.41) is 15.2. The summed E-state index contributed by atoms with van der Waals surface area (Å²) in [6.45, 7) is 2.14. The third-order valence-electron chi connectivity index (χ3n) is 6.33. The predicted molar refractivity (Wildman–Crippen MR) is 103 cm³/mol. The predicted octanol–water partition coefficient (Wildman–Crippen LogP) is 2.39. The second-order valence-corrected chi connectivity index (χ2v) is 8.13. The Kier molecular flexibility index (Phi) is 4.86. The van der Waals surface area contributed by atoms with Gasteiger partial charge < -0.3 is 5.11 Å². The van der Waals surface area contributed by atoms with E-state index in [9.17, 15) is 5.11 Å². The van der Waals surface area contributed by atoms with Crippen molar-refractivity contribution in [2.75, 3.05) is 27.2 Å². The quantitative estimate of drug-likeness (QED) is 0.916. The van der Waals surface area contributed by atoms with Crippen molar-refractivity contribution in [3.05, 3.63) is 53.3 Å². The van der Waals surface area contributed by atoms with Crippen molar-refractivity contribution in [2.24, 2.45) is 13.0 Å². The van der Waals surface area contributed by atoms with Crippen LogP contribution in [0.3, 0.4) is 0 Å². The van der Waals surface area contributed by atoms with Gasteiger partial charge in [-0.2, -0.15) is 5.10 Å². The lowest BCUT2D eigenvalue weighted by Gasteiger charge is -2.41. The van der Waals surface area contributed by atoms with E-state index in [0.29, 0.717) is 12.0 Å². The zero-order valence-electron chi connectivity index (χ0n) is 16.0. The molecule has 0 spiro atoms. The fourth-order valence-corrected chi connectivity index (χ4v) is 5.03. The Bertz CT molecular complexity index is 758. The van der Waals surface area contributed by atoms with E-state index < -0.39 is 0 Å². The number of hydrogen-bond donors (Lipinski definition) is 1. The fraction of sp³-hybridized carbons (Fsp3) is 0.571. The SMILES string of the molecule is CN(C[C@@H]1CCCN(C)[C@H]1c1cnn(C)c1)[C@@H]1Cc2ccccc2[C@@H]1O. The molecular formula is C21H30N4O. The van der Waals surface area contributed by atoms with Crippen LogP contribution in [0.25, 0.3) is 0 Å². The summed E-state index contributed by atoms with van der Waals surface area (Å²) in [5.74, 6) is 0.555. The highest BCUT2D eigenvalue weighted by Gasteiger charge is 2.37. The molecule has 2 aromatic rings. The molecule has 1 aromatic heterocycles. The molecule has 1 aliphatic heterocycles. The highest BCUT2D eigenvalue weighted by molar-refractivity contribution is 5.35. The van der Waals surface area contributed by atoms with Crippen LogP contribution in [-0.4, -0.2) is 57.9 Å². The number of nitrogens with zero attached hydrogens (tertiary/aromatic N) is 4. The Morgan fingerprint density at radius 3 is 2.81 bits per heavy atom. The molecule has 4 atom stereocenters. The standard InChI is InChI=1S/C21H30N4O/c1-23-10-6-8-16(20(23)17-12-22-25(3)14-17)13-24(2)19-11-15-7-4-5-9-18(15)21(19)26/h4-5,7,9,12,14,16,19-21,26H,6,8,10-11,13H2,1-3H3/t16-,19+,20+,21-/m0/s1. The number of piperidine rings is 1. The molecule has 2 heterocycles. The highest BCUT2D eigenvalue weighted by Crippen LogP contribution is 2.38. The van der Waals surface area contributed by atoms with Crippen LogP contribution in [0.2, 0.25) is 0 Å². The molecule has 0 bridgehead atoms. The first-order valence-corrected chi connectivity index (χ1v) is 9.69. The van der Waals surface area contributed by atoms with E-state index >= 15 is 0 Å². The fourth-order valence-electron chi connectivity index (χ4n) is 5.03. The van der Waals surface area contributed by atoms with Crippen molar-refractivity contribution in [2.45, 2.75) is 37.5 Å². The van der Waals surface area contributed by atoms with E-state index in [0.717, 1.165) is 25.1 Å². The number of rotatable bonds is 4. The van der Waals surface area contributed by atoms with Gasteiger partial charge in [0.15, 0.2) is 0 Å². The lowest BCUT2D eigenvalue weighted by atomic mass is 9.85. The Balaban J connectivity index is 1.50. The van der Waals surface area contributed by atoms with Crippen LogP contribution in [0.15, 0.2) is 36.7 Å². The molecule has 1 N–H and O–H groups in total. The van der Waals surface area contributed by atoms with Gasteiger partial charge >= 0.3 is 0 Å². The molecule has 26 heavy (non-hydrogen) atoms.